The van der Waals surface area contributed by atoms with Gasteiger partial charge in [-0.1, -0.05) is 18.2 Å². The van der Waals surface area contributed by atoms with Crippen LogP contribution < -0.4 is 4.72 Å². The molecule has 0 heterocycles. The number of carbonyl (C=O) groups is 1. The Morgan fingerprint density at radius 1 is 1.44 bits per heavy atom. The van der Waals surface area contributed by atoms with Crippen LogP contribution in [-0.4, -0.2) is 39.3 Å². The second kappa shape index (κ2) is 5.94. The lowest BCUT2D eigenvalue weighted by Gasteiger charge is -2.13. The molecular weight excluding hydrogens is 258 g/mol. The molecule has 7 heteroatoms. The quantitative estimate of drug-likeness (QED) is 0.781. The number of carboxylic acid groups (broad SMARTS) is 1. The molecule has 1 aromatic carbocycles. The predicted molar refractivity (Wildman–Crippen MR) is 64.8 cm³/mol. The number of carboxylic acids is 1. The number of aliphatic carboxylic acids is 1. The van der Waals surface area contributed by atoms with Crippen molar-refractivity contribution in [2.24, 2.45) is 0 Å². The number of sulfonamides is 1. The first kappa shape index (κ1) is 14.6. The van der Waals surface area contributed by atoms with E-state index in [0.717, 1.165) is 0 Å². The Morgan fingerprint density at radius 3 is 2.56 bits per heavy atom. The van der Waals surface area contributed by atoms with Gasteiger partial charge in [0.1, 0.15) is 0 Å². The van der Waals surface area contributed by atoms with Crippen molar-refractivity contribution in [3.05, 3.63) is 29.8 Å². The molecule has 1 unspecified atom stereocenters. The number of benzene rings is 1. The molecule has 1 aromatic rings. The van der Waals surface area contributed by atoms with Crippen LogP contribution in [0.25, 0.3) is 0 Å². The van der Waals surface area contributed by atoms with Crippen molar-refractivity contribution in [1.82, 2.24) is 4.72 Å². The normalized spacial score (nSPS) is 13.2. The van der Waals surface area contributed by atoms with Crippen molar-refractivity contribution in [2.45, 2.75) is 17.9 Å². The van der Waals surface area contributed by atoms with Crippen molar-refractivity contribution >= 4 is 16.0 Å². The average molecular weight is 273 g/mol. The molecule has 0 saturated heterocycles. The Labute approximate surface area is 106 Å². The van der Waals surface area contributed by atoms with Gasteiger partial charge in [0.15, 0.2) is 6.10 Å². The maximum atomic E-state index is 11.9. The van der Waals surface area contributed by atoms with Crippen LogP contribution in [0.15, 0.2) is 29.2 Å². The van der Waals surface area contributed by atoms with E-state index in [2.05, 4.69) is 9.46 Å². The molecule has 6 nitrogen and oxygen atoms in total. The molecule has 0 radical (unpaired) electrons. The fourth-order valence-electron chi connectivity index (χ4n) is 1.39. The van der Waals surface area contributed by atoms with E-state index in [1.165, 1.54) is 13.2 Å². The van der Waals surface area contributed by atoms with E-state index in [1.807, 2.05) is 0 Å². The van der Waals surface area contributed by atoms with Crippen molar-refractivity contribution in [3.63, 3.8) is 0 Å². The van der Waals surface area contributed by atoms with Gasteiger partial charge in [0, 0.05) is 13.7 Å². The van der Waals surface area contributed by atoms with Gasteiger partial charge < -0.3 is 9.84 Å². The largest absolute Gasteiger partial charge is 0.479 e. The van der Waals surface area contributed by atoms with Crippen molar-refractivity contribution in [3.8, 4) is 0 Å². The lowest BCUT2D eigenvalue weighted by Crippen LogP contribution is -2.38. The van der Waals surface area contributed by atoms with E-state index in [4.69, 9.17) is 5.11 Å². The van der Waals surface area contributed by atoms with Gasteiger partial charge in [0.25, 0.3) is 0 Å². The van der Waals surface area contributed by atoms with Gasteiger partial charge in [0.2, 0.25) is 10.0 Å². The summed E-state index contributed by atoms with van der Waals surface area (Å²) in [7, 11) is -2.51. The molecule has 1 atom stereocenters. The fraction of sp³-hybridized carbons (Fsp3) is 0.364. The predicted octanol–water partition coefficient (Wildman–Crippen LogP) is 0.373. The fourth-order valence-corrected chi connectivity index (χ4v) is 2.67. The molecule has 100 valence electrons. The second-order valence-electron chi connectivity index (χ2n) is 3.68. The molecule has 1 rings (SSSR count). The van der Waals surface area contributed by atoms with Crippen LogP contribution in [0.1, 0.15) is 5.56 Å². The van der Waals surface area contributed by atoms with Crippen LogP contribution in [0.5, 0.6) is 0 Å². The molecule has 2 N–H and O–H groups in total. The van der Waals surface area contributed by atoms with Gasteiger partial charge >= 0.3 is 5.97 Å². The minimum atomic E-state index is -3.72. The monoisotopic (exact) mass is 273 g/mol. The summed E-state index contributed by atoms with van der Waals surface area (Å²) >= 11 is 0. The van der Waals surface area contributed by atoms with Gasteiger partial charge in [0.05, 0.1) is 4.90 Å². The maximum Gasteiger partial charge on any atom is 0.334 e. The molecule has 0 aliphatic rings. The highest BCUT2D eigenvalue weighted by Crippen LogP contribution is 2.13. The van der Waals surface area contributed by atoms with Crippen LogP contribution >= 0.6 is 0 Å². The summed E-state index contributed by atoms with van der Waals surface area (Å²) in [6.07, 6.45) is -1.20. The molecule has 0 bridgehead atoms. The summed E-state index contributed by atoms with van der Waals surface area (Å²) in [5, 5.41) is 8.74. The number of methoxy groups -OCH3 is 1. The number of hydrogen-bond acceptors (Lipinski definition) is 4. The molecular formula is C11H15NO5S. The summed E-state index contributed by atoms with van der Waals surface area (Å²) < 4.78 is 30.7. The summed E-state index contributed by atoms with van der Waals surface area (Å²) in [6, 6.07) is 6.45. The van der Waals surface area contributed by atoms with Gasteiger partial charge in [-0.3, -0.25) is 0 Å². The molecule has 0 spiro atoms. The molecule has 0 aliphatic carbocycles. The van der Waals surface area contributed by atoms with Gasteiger partial charge in [-0.25, -0.2) is 17.9 Å². The molecule has 0 aliphatic heterocycles. The highest BCUT2D eigenvalue weighted by Gasteiger charge is 2.22. The van der Waals surface area contributed by atoms with Gasteiger partial charge in [-0.15, -0.1) is 0 Å². The van der Waals surface area contributed by atoms with Crippen molar-refractivity contribution in [2.75, 3.05) is 13.7 Å². The maximum absolute atomic E-state index is 11.9. The lowest BCUT2D eigenvalue weighted by atomic mass is 10.2. The zero-order chi connectivity index (χ0) is 13.8. The second-order valence-corrected chi connectivity index (χ2v) is 5.42. The van der Waals surface area contributed by atoms with E-state index in [0.29, 0.717) is 5.56 Å². The Bertz CT molecular complexity index is 526. The summed E-state index contributed by atoms with van der Waals surface area (Å²) in [5.74, 6) is -1.22. The minimum Gasteiger partial charge on any atom is -0.479 e. The van der Waals surface area contributed by atoms with Gasteiger partial charge in [-0.2, -0.15) is 0 Å². The van der Waals surface area contributed by atoms with Crippen LogP contribution in [0.2, 0.25) is 0 Å². The van der Waals surface area contributed by atoms with Crippen LogP contribution in [0.4, 0.5) is 0 Å². The summed E-state index contributed by atoms with van der Waals surface area (Å²) in [5.41, 5.74) is 0.592. The molecule has 0 fully saturated rings. The van der Waals surface area contributed by atoms with E-state index in [9.17, 15) is 13.2 Å². The summed E-state index contributed by atoms with van der Waals surface area (Å²) in [4.78, 5) is 10.8. The smallest absolute Gasteiger partial charge is 0.334 e. The van der Waals surface area contributed by atoms with E-state index in [-0.39, 0.29) is 11.4 Å². The third-order valence-electron chi connectivity index (χ3n) is 2.40. The Balaban J connectivity index is 2.84. The number of nitrogens with one attached hydrogen (secondary N) is 1. The highest BCUT2D eigenvalue weighted by atomic mass is 32.2. The van der Waals surface area contributed by atoms with E-state index < -0.39 is 22.1 Å². The van der Waals surface area contributed by atoms with E-state index >= 15 is 0 Å². The van der Waals surface area contributed by atoms with Crippen molar-refractivity contribution < 1.29 is 23.1 Å². The van der Waals surface area contributed by atoms with Crippen LogP contribution in [0, 0.1) is 6.92 Å². The number of rotatable bonds is 6. The Kier molecular flexibility index (Phi) is 4.83. The topological polar surface area (TPSA) is 92.7 Å². The average Bonchev–Trinajstić information content (AvgIpc) is 2.29. The van der Waals surface area contributed by atoms with Crippen LogP contribution in [0.3, 0.4) is 0 Å². The molecule has 0 saturated carbocycles. The zero-order valence-electron chi connectivity index (χ0n) is 10.1. The first-order chi connectivity index (χ1) is 8.38. The standard InChI is InChI=1S/C11H15NO5S/c1-8-5-3-4-6-10(8)18(15,16)12-7-9(17-2)11(13)14/h3-6,9,12H,7H2,1-2H3,(H,13,14). The third-order valence-corrected chi connectivity index (χ3v) is 3.99. The van der Waals surface area contributed by atoms with Gasteiger partial charge in [-0.05, 0) is 18.6 Å². The number of hydrogen-bond donors (Lipinski definition) is 2. The summed E-state index contributed by atoms with van der Waals surface area (Å²) in [6.45, 7) is 1.35. The number of aryl methyl sites for hydroxylation is 1. The molecule has 0 amide bonds. The Morgan fingerprint density at radius 2 is 2.06 bits per heavy atom. The first-order valence-electron chi connectivity index (χ1n) is 5.19. The Hall–Kier alpha value is -1.44. The first-order valence-corrected chi connectivity index (χ1v) is 6.67. The minimum absolute atomic E-state index is 0.130. The zero-order valence-corrected chi connectivity index (χ0v) is 10.9. The highest BCUT2D eigenvalue weighted by molar-refractivity contribution is 7.89. The number of ether oxygens (including phenoxy) is 1. The third kappa shape index (κ3) is 3.52. The molecule has 18 heavy (non-hydrogen) atoms. The van der Waals surface area contributed by atoms with E-state index in [1.54, 1.807) is 25.1 Å². The molecule has 0 aromatic heterocycles. The SMILES string of the molecule is COC(CNS(=O)(=O)c1ccccc1C)C(=O)O. The van der Waals surface area contributed by atoms with Crippen LogP contribution in [-0.2, 0) is 19.6 Å². The van der Waals surface area contributed by atoms with Crippen molar-refractivity contribution in [1.29, 1.82) is 0 Å². The lowest BCUT2D eigenvalue weighted by molar-refractivity contribution is -0.147.